The van der Waals surface area contributed by atoms with E-state index in [0.29, 0.717) is 12.0 Å². The molecule has 0 saturated heterocycles. The smallest absolute Gasteiger partial charge is 0.244 e. The van der Waals surface area contributed by atoms with E-state index in [1.54, 1.807) is 11.6 Å². The second-order valence-electron chi connectivity index (χ2n) is 4.44. The number of rotatable bonds is 5. The Bertz CT molecular complexity index is 796. The second kappa shape index (κ2) is 6.27. The summed E-state index contributed by atoms with van der Waals surface area (Å²) in [4.78, 5) is 16.1. The Morgan fingerprint density at radius 2 is 2.27 bits per heavy atom. The molecule has 0 bridgehead atoms. The normalized spacial score (nSPS) is 11.5. The Morgan fingerprint density at radius 1 is 1.36 bits per heavy atom. The van der Waals surface area contributed by atoms with Gasteiger partial charge in [-0.2, -0.15) is 16.6 Å². The lowest BCUT2D eigenvalue weighted by Gasteiger charge is -2.03. The van der Waals surface area contributed by atoms with Crippen molar-refractivity contribution in [1.82, 2.24) is 25.6 Å². The number of carbonyl (C=O) groups is 1. The number of hydrogen-bond donors (Lipinski definition) is 2. The first-order valence-corrected chi connectivity index (χ1v) is 7.32. The molecule has 0 spiro atoms. The third kappa shape index (κ3) is 3.07. The summed E-state index contributed by atoms with van der Waals surface area (Å²) in [7, 11) is 0. The molecule has 0 unspecified atom stereocenters. The van der Waals surface area contributed by atoms with Crippen molar-refractivity contribution in [3.8, 4) is 0 Å². The fourth-order valence-corrected chi connectivity index (χ4v) is 2.77. The molecule has 0 fully saturated rings. The van der Waals surface area contributed by atoms with Crippen LogP contribution in [0, 0.1) is 0 Å². The van der Waals surface area contributed by atoms with Gasteiger partial charge in [0.15, 0.2) is 0 Å². The number of thiophene rings is 1. The van der Waals surface area contributed by atoms with Crippen LogP contribution in [0.1, 0.15) is 27.4 Å². The van der Waals surface area contributed by atoms with Crippen LogP contribution in [-0.4, -0.2) is 36.5 Å². The molecule has 0 aromatic carbocycles. The number of tetrazole rings is 1. The van der Waals surface area contributed by atoms with Gasteiger partial charge >= 0.3 is 0 Å². The highest BCUT2D eigenvalue weighted by Crippen LogP contribution is 2.24. The number of aliphatic hydroxyl groups is 1. The summed E-state index contributed by atoms with van der Waals surface area (Å²) in [5, 5.41) is 26.6. The van der Waals surface area contributed by atoms with Crippen molar-refractivity contribution >= 4 is 22.9 Å². The molecule has 22 heavy (non-hydrogen) atoms. The van der Waals surface area contributed by atoms with E-state index in [4.69, 9.17) is 0 Å². The maximum atomic E-state index is 11.9. The van der Waals surface area contributed by atoms with Gasteiger partial charge in [-0.3, -0.25) is 9.78 Å². The van der Waals surface area contributed by atoms with Gasteiger partial charge in [-0.05, 0) is 28.3 Å². The number of nitrogens with zero attached hydrogens (tertiary/aromatic N) is 4. The fraction of sp³-hybridized carbons (Fsp3) is 0.0714. The Morgan fingerprint density at radius 3 is 3.00 bits per heavy atom. The van der Waals surface area contributed by atoms with Crippen LogP contribution in [0.3, 0.4) is 0 Å². The van der Waals surface area contributed by atoms with Crippen LogP contribution < -0.4 is 0 Å². The molecule has 0 aliphatic heterocycles. The molecule has 0 atom stereocenters. The van der Waals surface area contributed by atoms with Crippen molar-refractivity contribution in [2.24, 2.45) is 0 Å². The SMILES string of the molecule is O=C(C=C(O)c1cscc1Cc1ccccn1)c1nn[nH]n1. The minimum atomic E-state index is -0.513. The summed E-state index contributed by atoms with van der Waals surface area (Å²) < 4.78 is 0. The first-order chi connectivity index (χ1) is 10.7. The van der Waals surface area contributed by atoms with Crippen molar-refractivity contribution < 1.29 is 9.90 Å². The molecular weight excluding hydrogens is 302 g/mol. The van der Waals surface area contributed by atoms with Gasteiger partial charge in [0.1, 0.15) is 5.76 Å². The molecule has 7 nitrogen and oxygen atoms in total. The molecule has 0 amide bonds. The summed E-state index contributed by atoms with van der Waals surface area (Å²) in [6.45, 7) is 0. The molecule has 110 valence electrons. The zero-order valence-corrected chi connectivity index (χ0v) is 12.1. The van der Waals surface area contributed by atoms with Crippen LogP contribution in [0.25, 0.3) is 5.76 Å². The lowest BCUT2D eigenvalue weighted by atomic mass is 10.1. The summed E-state index contributed by atoms with van der Waals surface area (Å²) >= 11 is 1.45. The predicted molar refractivity (Wildman–Crippen MR) is 80.5 cm³/mol. The molecule has 8 heteroatoms. The van der Waals surface area contributed by atoms with E-state index < -0.39 is 5.78 Å². The molecule has 2 N–H and O–H groups in total. The third-order valence-corrected chi connectivity index (χ3v) is 3.74. The number of aliphatic hydroxyl groups excluding tert-OH is 1. The Labute approximate surface area is 129 Å². The number of nitrogens with one attached hydrogen (secondary N) is 1. The molecule has 0 aliphatic carbocycles. The lowest BCUT2D eigenvalue weighted by Crippen LogP contribution is -2.00. The van der Waals surface area contributed by atoms with E-state index in [0.717, 1.165) is 17.3 Å². The molecule has 3 rings (SSSR count). The predicted octanol–water partition coefficient (Wildman–Crippen LogP) is 2.03. The minimum absolute atomic E-state index is 0.0898. The summed E-state index contributed by atoms with van der Waals surface area (Å²) in [5.74, 6) is -0.726. The summed E-state index contributed by atoms with van der Waals surface area (Å²) in [5.41, 5.74) is 2.39. The van der Waals surface area contributed by atoms with Gasteiger partial charge in [-0.1, -0.05) is 6.07 Å². The van der Waals surface area contributed by atoms with Gasteiger partial charge in [0.25, 0.3) is 0 Å². The van der Waals surface area contributed by atoms with Gasteiger partial charge < -0.3 is 5.11 Å². The average Bonchev–Trinajstić information content (AvgIpc) is 3.19. The van der Waals surface area contributed by atoms with Crippen molar-refractivity contribution in [3.05, 3.63) is 63.9 Å². The number of aromatic amines is 1. The number of allylic oxidation sites excluding steroid dienone is 1. The van der Waals surface area contributed by atoms with E-state index in [-0.39, 0.29) is 11.6 Å². The number of hydrogen-bond acceptors (Lipinski definition) is 7. The third-order valence-electron chi connectivity index (χ3n) is 2.95. The number of H-pyrrole nitrogens is 1. The van der Waals surface area contributed by atoms with Crippen LogP contribution in [0.4, 0.5) is 0 Å². The molecule has 0 aliphatic rings. The van der Waals surface area contributed by atoms with Crippen LogP contribution in [0.2, 0.25) is 0 Å². The van der Waals surface area contributed by atoms with Crippen LogP contribution in [0.15, 0.2) is 41.2 Å². The minimum Gasteiger partial charge on any atom is -0.507 e. The molecule has 3 aromatic rings. The van der Waals surface area contributed by atoms with Gasteiger partial charge in [0, 0.05) is 35.3 Å². The lowest BCUT2D eigenvalue weighted by molar-refractivity contribution is 0.103. The Kier molecular flexibility index (Phi) is 4.01. The zero-order chi connectivity index (χ0) is 15.4. The van der Waals surface area contributed by atoms with Gasteiger partial charge in [0.05, 0.1) is 0 Å². The highest BCUT2D eigenvalue weighted by Gasteiger charge is 2.14. The summed E-state index contributed by atoms with van der Waals surface area (Å²) in [6.07, 6.45) is 3.39. The number of carbonyl (C=O) groups excluding carboxylic acids is 1. The van der Waals surface area contributed by atoms with Crippen molar-refractivity contribution in [2.45, 2.75) is 6.42 Å². The molecule has 0 saturated carbocycles. The standard InChI is InChI=1S/C14H11N5O2S/c20-12(6-13(21)14-16-18-19-17-14)11-8-22-7-9(11)5-10-3-1-2-4-15-10/h1-4,6-8,20H,5H2,(H,16,17,18,19). The second-order valence-corrected chi connectivity index (χ2v) is 5.18. The first kappa shape index (κ1) is 14.1. The number of ketones is 1. The molecule has 3 aromatic heterocycles. The largest absolute Gasteiger partial charge is 0.507 e. The van der Waals surface area contributed by atoms with Crippen LogP contribution >= 0.6 is 11.3 Å². The average molecular weight is 313 g/mol. The monoisotopic (exact) mass is 313 g/mol. The van der Waals surface area contributed by atoms with E-state index in [2.05, 4.69) is 25.6 Å². The van der Waals surface area contributed by atoms with Gasteiger partial charge in [-0.15, -0.1) is 10.2 Å². The maximum Gasteiger partial charge on any atom is 0.244 e. The zero-order valence-electron chi connectivity index (χ0n) is 11.3. The highest BCUT2D eigenvalue weighted by atomic mass is 32.1. The van der Waals surface area contributed by atoms with Crippen molar-refractivity contribution in [1.29, 1.82) is 0 Å². The van der Waals surface area contributed by atoms with Gasteiger partial charge in [0.2, 0.25) is 11.6 Å². The van der Waals surface area contributed by atoms with E-state index >= 15 is 0 Å². The van der Waals surface area contributed by atoms with E-state index in [9.17, 15) is 9.90 Å². The number of aromatic nitrogens is 5. The van der Waals surface area contributed by atoms with Crippen LogP contribution in [0.5, 0.6) is 0 Å². The van der Waals surface area contributed by atoms with E-state index in [1.165, 1.54) is 11.3 Å². The fourth-order valence-electron chi connectivity index (χ4n) is 1.92. The molecule has 3 heterocycles. The quantitative estimate of drug-likeness (QED) is 0.424. The van der Waals surface area contributed by atoms with Crippen molar-refractivity contribution in [3.63, 3.8) is 0 Å². The first-order valence-electron chi connectivity index (χ1n) is 6.38. The molecule has 0 radical (unpaired) electrons. The maximum absolute atomic E-state index is 11.9. The Hall–Kier alpha value is -2.87. The van der Waals surface area contributed by atoms with Crippen molar-refractivity contribution in [2.75, 3.05) is 0 Å². The number of pyridine rings is 1. The topological polar surface area (TPSA) is 105 Å². The highest BCUT2D eigenvalue weighted by molar-refractivity contribution is 7.08. The summed E-state index contributed by atoms with van der Waals surface area (Å²) in [6, 6.07) is 5.66. The van der Waals surface area contributed by atoms with Gasteiger partial charge in [-0.25, -0.2) is 0 Å². The Balaban J connectivity index is 1.83. The van der Waals surface area contributed by atoms with E-state index in [1.807, 2.05) is 23.6 Å². The van der Waals surface area contributed by atoms with Crippen LogP contribution in [-0.2, 0) is 6.42 Å². The molecular formula is C14H11N5O2S.